The van der Waals surface area contributed by atoms with Crippen LogP contribution in [0.4, 0.5) is 0 Å². The summed E-state index contributed by atoms with van der Waals surface area (Å²) in [6.45, 7) is 6.16. The summed E-state index contributed by atoms with van der Waals surface area (Å²) < 4.78 is 0. The number of hydrogen-bond donors (Lipinski definition) is 0. The van der Waals surface area contributed by atoms with E-state index in [0.717, 1.165) is 0 Å². The van der Waals surface area contributed by atoms with Crippen LogP contribution < -0.4 is 0 Å². The summed E-state index contributed by atoms with van der Waals surface area (Å²) in [6.07, 6.45) is 4.11. The predicted octanol–water partition coefficient (Wildman–Crippen LogP) is 3.14. The molecule has 1 heteroatoms. The third-order valence-corrected chi connectivity index (χ3v) is 1.33. The molecule has 0 spiro atoms. The zero-order chi connectivity index (χ0) is 7.28. The van der Waals surface area contributed by atoms with E-state index in [9.17, 15) is 0 Å². The maximum absolute atomic E-state index is 5.54. The number of hydrogen-bond acceptors (Lipinski definition) is 0. The van der Waals surface area contributed by atoms with Gasteiger partial charge in [0.1, 0.15) is 0 Å². The second kappa shape index (κ2) is 4.63. The lowest BCUT2D eigenvalue weighted by Crippen LogP contribution is -1.73. The first kappa shape index (κ1) is 8.77. The Kier molecular flexibility index (Phi) is 4.51. The van der Waals surface area contributed by atoms with Crippen LogP contribution in [0, 0.1) is 0 Å². The Bertz CT molecular complexity index is 128. The highest BCUT2D eigenvalue weighted by atomic mass is 35.5. The fourth-order valence-electron chi connectivity index (χ4n) is 0.353. The maximum Gasteiger partial charge on any atom is 0.0433 e. The summed E-state index contributed by atoms with van der Waals surface area (Å²) in [6, 6.07) is 0. The second-order valence-electron chi connectivity index (χ2n) is 2.39. The minimum atomic E-state index is 0.629. The molecule has 0 bridgehead atoms. The summed E-state index contributed by atoms with van der Waals surface area (Å²) >= 11 is 5.54. The fourth-order valence-corrected chi connectivity index (χ4v) is 0.443. The molecular weight excluding hydrogens is 132 g/mol. The SMILES string of the molecule is CC(C)=CC=C(C)CCl. The van der Waals surface area contributed by atoms with E-state index >= 15 is 0 Å². The number of rotatable bonds is 2. The minimum Gasteiger partial charge on any atom is -0.122 e. The zero-order valence-electron chi connectivity index (χ0n) is 6.24. The van der Waals surface area contributed by atoms with E-state index in [-0.39, 0.29) is 0 Å². The molecule has 0 aliphatic rings. The Morgan fingerprint density at radius 3 is 2.11 bits per heavy atom. The van der Waals surface area contributed by atoms with Gasteiger partial charge in [0.15, 0.2) is 0 Å². The molecule has 0 atom stereocenters. The van der Waals surface area contributed by atoms with Crippen molar-refractivity contribution in [2.45, 2.75) is 20.8 Å². The molecule has 0 aliphatic heterocycles. The Labute approximate surface area is 62.2 Å². The van der Waals surface area contributed by atoms with Gasteiger partial charge >= 0.3 is 0 Å². The molecule has 0 amide bonds. The van der Waals surface area contributed by atoms with Gasteiger partial charge in [0.05, 0.1) is 0 Å². The lowest BCUT2D eigenvalue weighted by molar-refractivity contribution is 1.35. The third-order valence-electron chi connectivity index (χ3n) is 0.912. The molecule has 0 aromatic carbocycles. The summed E-state index contributed by atoms with van der Waals surface area (Å²) in [7, 11) is 0. The smallest absolute Gasteiger partial charge is 0.0433 e. The van der Waals surface area contributed by atoms with Gasteiger partial charge in [-0.05, 0) is 20.8 Å². The first-order valence-corrected chi connectivity index (χ1v) is 3.57. The highest BCUT2D eigenvalue weighted by molar-refractivity contribution is 6.19. The fraction of sp³-hybridized carbons (Fsp3) is 0.500. The van der Waals surface area contributed by atoms with E-state index < -0.39 is 0 Å². The van der Waals surface area contributed by atoms with E-state index in [4.69, 9.17) is 11.6 Å². The molecule has 0 nitrogen and oxygen atoms in total. The van der Waals surface area contributed by atoms with Crippen LogP contribution in [0.1, 0.15) is 20.8 Å². The summed E-state index contributed by atoms with van der Waals surface area (Å²) in [5.74, 6) is 0.629. The van der Waals surface area contributed by atoms with Gasteiger partial charge in [-0.3, -0.25) is 0 Å². The van der Waals surface area contributed by atoms with Crippen molar-refractivity contribution in [1.29, 1.82) is 0 Å². The van der Waals surface area contributed by atoms with Gasteiger partial charge in [0.2, 0.25) is 0 Å². The molecule has 9 heavy (non-hydrogen) atoms. The Balaban J connectivity index is 3.83. The number of halogens is 1. The molecule has 0 fully saturated rings. The Hall–Kier alpha value is -0.230. The van der Waals surface area contributed by atoms with Gasteiger partial charge in [0.25, 0.3) is 0 Å². The molecule has 52 valence electrons. The van der Waals surface area contributed by atoms with Crippen molar-refractivity contribution >= 4 is 11.6 Å². The molecule has 0 aromatic heterocycles. The molecule has 0 aromatic rings. The van der Waals surface area contributed by atoms with Gasteiger partial charge < -0.3 is 0 Å². The van der Waals surface area contributed by atoms with Crippen LogP contribution in [0.25, 0.3) is 0 Å². The molecule has 0 aliphatic carbocycles. The van der Waals surface area contributed by atoms with Crippen LogP contribution in [0.2, 0.25) is 0 Å². The monoisotopic (exact) mass is 144 g/mol. The van der Waals surface area contributed by atoms with Crippen molar-refractivity contribution in [2.24, 2.45) is 0 Å². The second-order valence-corrected chi connectivity index (χ2v) is 2.66. The van der Waals surface area contributed by atoms with Crippen molar-refractivity contribution in [1.82, 2.24) is 0 Å². The van der Waals surface area contributed by atoms with E-state index in [1.54, 1.807) is 0 Å². The predicted molar refractivity (Wildman–Crippen MR) is 43.9 cm³/mol. The van der Waals surface area contributed by atoms with Crippen molar-refractivity contribution in [3.05, 3.63) is 23.3 Å². The third kappa shape index (κ3) is 5.64. The van der Waals surface area contributed by atoms with Crippen molar-refractivity contribution in [2.75, 3.05) is 5.88 Å². The maximum atomic E-state index is 5.54. The van der Waals surface area contributed by atoms with Crippen LogP contribution in [0.3, 0.4) is 0 Å². The molecular formula is C8H13Cl. The van der Waals surface area contributed by atoms with Crippen molar-refractivity contribution < 1.29 is 0 Å². The molecule has 0 rings (SSSR count). The molecule has 0 N–H and O–H groups in total. The van der Waals surface area contributed by atoms with Crippen LogP contribution in [-0.2, 0) is 0 Å². The summed E-state index contributed by atoms with van der Waals surface area (Å²) in [4.78, 5) is 0. The number of allylic oxidation sites excluding steroid dienone is 4. The largest absolute Gasteiger partial charge is 0.122 e. The van der Waals surface area contributed by atoms with Crippen LogP contribution in [-0.4, -0.2) is 5.88 Å². The first-order chi connectivity index (χ1) is 4.16. The normalized spacial score (nSPS) is 11.3. The van der Waals surface area contributed by atoms with Gasteiger partial charge in [-0.2, -0.15) is 0 Å². The lowest BCUT2D eigenvalue weighted by Gasteiger charge is -1.88. The molecule has 0 radical (unpaired) electrons. The standard InChI is InChI=1S/C8H13Cl/c1-7(2)4-5-8(3)6-9/h4-5H,6H2,1-3H3. The van der Waals surface area contributed by atoms with Crippen LogP contribution in [0.5, 0.6) is 0 Å². The minimum absolute atomic E-state index is 0.629. The summed E-state index contributed by atoms with van der Waals surface area (Å²) in [5.41, 5.74) is 2.51. The van der Waals surface area contributed by atoms with E-state index in [1.165, 1.54) is 11.1 Å². The zero-order valence-corrected chi connectivity index (χ0v) is 7.00. The van der Waals surface area contributed by atoms with Gasteiger partial charge in [-0.1, -0.05) is 23.3 Å². The van der Waals surface area contributed by atoms with Gasteiger partial charge in [-0.15, -0.1) is 11.6 Å². The Morgan fingerprint density at radius 2 is 1.78 bits per heavy atom. The van der Waals surface area contributed by atoms with Crippen LogP contribution in [0.15, 0.2) is 23.3 Å². The van der Waals surface area contributed by atoms with Crippen molar-refractivity contribution in [3.63, 3.8) is 0 Å². The van der Waals surface area contributed by atoms with Crippen molar-refractivity contribution in [3.8, 4) is 0 Å². The quantitative estimate of drug-likeness (QED) is 0.413. The lowest BCUT2D eigenvalue weighted by atomic mass is 10.2. The van der Waals surface area contributed by atoms with E-state index in [2.05, 4.69) is 19.9 Å². The Morgan fingerprint density at radius 1 is 1.22 bits per heavy atom. The first-order valence-electron chi connectivity index (χ1n) is 3.03. The molecule has 0 heterocycles. The topological polar surface area (TPSA) is 0 Å². The number of alkyl halides is 1. The summed E-state index contributed by atoms with van der Waals surface area (Å²) in [5, 5.41) is 0. The van der Waals surface area contributed by atoms with Gasteiger partial charge in [0, 0.05) is 5.88 Å². The molecule has 0 saturated heterocycles. The molecule has 0 saturated carbocycles. The van der Waals surface area contributed by atoms with Crippen LogP contribution >= 0.6 is 11.6 Å². The average molecular weight is 145 g/mol. The highest BCUT2D eigenvalue weighted by Gasteiger charge is 1.80. The average Bonchev–Trinajstić information content (AvgIpc) is 1.83. The molecule has 0 unspecified atom stereocenters. The van der Waals surface area contributed by atoms with E-state index in [0.29, 0.717) is 5.88 Å². The van der Waals surface area contributed by atoms with Gasteiger partial charge in [-0.25, -0.2) is 0 Å². The highest BCUT2D eigenvalue weighted by Crippen LogP contribution is 1.97. The van der Waals surface area contributed by atoms with E-state index in [1.807, 2.05) is 13.0 Å².